The summed E-state index contributed by atoms with van der Waals surface area (Å²) >= 11 is 3.58. The number of carbonyl (C=O) groups excluding carboxylic acids is 1. The summed E-state index contributed by atoms with van der Waals surface area (Å²) in [6, 6.07) is 6.00. The lowest BCUT2D eigenvalue weighted by Gasteiger charge is -2.18. The molecule has 1 saturated carbocycles. The normalized spacial score (nSPS) is 22.5. The van der Waals surface area contributed by atoms with Crippen LogP contribution in [-0.4, -0.2) is 17.8 Å². The van der Waals surface area contributed by atoms with E-state index in [1.165, 1.54) is 19.3 Å². The predicted molar refractivity (Wildman–Crippen MR) is 82.9 cm³/mol. The Morgan fingerprint density at radius 2 is 1.89 bits per heavy atom. The molecule has 1 N–H and O–H groups in total. The number of hydrogen-bond donors (Lipinski definition) is 1. The third kappa shape index (κ3) is 3.38. The van der Waals surface area contributed by atoms with E-state index in [1.54, 1.807) is 0 Å². The number of halogens is 1. The van der Waals surface area contributed by atoms with Gasteiger partial charge in [0.15, 0.2) is 0 Å². The molecule has 1 aromatic carbocycles. The van der Waals surface area contributed by atoms with E-state index in [1.807, 2.05) is 32.0 Å². The number of carbonyl (C=O) groups is 1. The van der Waals surface area contributed by atoms with Crippen LogP contribution in [0.15, 0.2) is 18.2 Å². The second-order valence-corrected chi connectivity index (χ2v) is 6.23. The van der Waals surface area contributed by atoms with Crippen LogP contribution in [0, 0.1) is 25.7 Å². The first kappa shape index (κ1) is 14.6. The van der Waals surface area contributed by atoms with Crippen molar-refractivity contribution in [3.63, 3.8) is 0 Å². The first-order chi connectivity index (χ1) is 9.13. The number of nitrogens with one attached hydrogen (secondary N) is 1. The van der Waals surface area contributed by atoms with E-state index in [-0.39, 0.29) is 5.91 Å². The molecule has 1 amide bonds. The van der Waals surface area contributed by atoms with E-state index >= 15 is 0 Å². The minimum atomic E-state index is 0.0795. The van der Waals surface area contributed by atoms with Gasteiger partial charge < -0.3 is 5.32 Å². The first-order valence-electron chi connectivity index (χ1n) is 7.04. The van der Waals surface area contributed by atoms with Gasteiger partial charge in [-0.15, -0.1) is 0 Å². The zero-order chi connectivity index (χ0) is 13.8. The molecule has 3 heteroatoms. The summed E-state index contributed by atoms with van der Waals surface area (Å²) in [5.74, 6) is 1.43. The quantitative estimate of drug-likeness (QED) is 0.838. The third-order valence-corrected chi connectivity index (χ3v) is 5.08. The van der Waals surface area contributed by atoms with Gasteiger partial charge in [-0.2, -0.15) is 0 Å². The molecule has 104 valence electrons. The molecule has 0 bridgehead atoms. The molecule has 1 fully saturated rings. The van der Waals surface area contributed by atoms with Crippen molar-refractivity contribution in [3.05, 3.63) is 34.9 Å². The van der Waals surface area contributed by atoms with Crippen molar-refractivity contribution in [1.29, 1.82) is 0 Å². The topological polar surface area (TPSA) is 29.1 Å². The number of aryl methyl sites for hydroxylation is 2. The highest BCUT2D eigenvalue weighted by molar-refractivity contribution is 9.09. The lowest BCUT2D eigenvalue weighted by molar-refractivity contribution is 0.0943. The van der Waals surface area contributed by atoms with Gasteiger partial charge in [-0.05, 0) is 49.7 Å². The maximum absolute atomic E-state index is 12.3. The van der Waals surface area contributed by atoms with E-state index in [0.717, 1.165) is 34.5 Å². The molecule has 1 aliphatic carbocycles. The van der Waals surface area contributed by atoms with Crippen molar-refractivity contribution >= 4 is 21.8 Å². The van der Waals surface area contributed by atoms with Crippen LogP contribution in [0.25, 0.3) is 0 Å². The second kappa shape index (κ2) is 6.56. The Hall–Kier alpha value is -0.830. The minimum absolute atomic E-state index is 0.0795. The van der Waals surface area contributed by atoms with Gasteiger partial charge >= 0.3 is 0 Å². The largest absolute Gasteiger partial charge is 0.352 e. The molecule has 0 spiro atoms. The Labute approximate surface area is 124 Å². The van der Waals surface area contributed by atoms with Crippen molar-refractivity contribution in [2.24, 2.45) is 11.8 Å². The molecule has 2 rings (SSSR count). The van der Waals surface area contributed by atoms with Crippen LogP contribution in [0.3, 0.4) is 0 Å². The molecular formula is C16H22BrNO. The summed E-state index contributed by atoms with van der Waals surface area (Å²) in [4.78, 5) is 12.3. The average molecular weight is 324 g/mol. The number of rotatable bonds is 4. The molecule has 0 heterocycles. The van der Waals surface area contributed by atoms with Gasteiger partial charge in [-0.25, -0.2) is 0 Å². The van der Waals surface area contributed by atoms with E-state index in [0.29, 0.717) is 5.92 Å². The summed E-state index contributed by atoms with van der Waals surface area (Å²) in [5, 5.41) is 4.18. The predicted octanol–water partition coefficient (Wildman–Crippen LogP) is 3.84. The summed E-state index contributed by atoms with van der Waals surface area (Å²) in [5.41, 5.74) is 2.96. The van der Waals surface area contributed by atoms with Gasteiger partial charge in [-0.3, -0.25) is 4.79 Å². The number of benzene rings is 1. The SMILES string of the molecule is Cc1cccc(C)c1C(=O)NCC1CCCC1CBr. The zero-order valence-electron chi connectivity index (χ0n) is 11.7. The van der Waals surface area contributed by atoms with Crippen LogP contribution in [0.4, 0.5) is 0 Å². The van der Waals surface area contributed by atoms with Crippen LogP contribution < -0.4 is 5.32 Å². The number of hydrogen-bond acceptors (Lipinski definition) is 1. The van der Waals surface area contributed by atoms with Crippen LogP contribution in [-0.2, 0) is 0 Å². The number of alkyl halides is 1. The summed E-state index contributed by atoms with van der Waals surface area (Å²) in [6.07, 6.45) is 3.82. The highest BCUT2D eigenvalue weighted by atomic mass is 79.9. The summed E-state index contributed by atoms with van der Waals surface area (Å²) < 4.78 is 0. The van der Waals surface area contributed by atoms with Gasteiger partial charge in [-0.1, -0.05) is 40.5 Å². The molecule has 0 aromatic heterocycles. The molecule has 19 heavy (non-hydrogen) atoms. The average Bonchev–Trinajstić information content (AvgIpc) is 2.83. The molecule has 0 aliphatic heterocycles. The monoisotopic (exact) mass is 323 g/mol. The fourth-order valence-electron chi connectivity index (χ4n) is 3.07. The Morgan fingerprint density at radius 1 is 1.26 bits per heavy atom. The smallest absolute Gasteiger partial charge is 0.251 e. The molecule has 0 saturated heterocycles. The van der Waals surface area contributed by atoms with Crippen LogP contribution >= 0.6 is 15.9 Å². The van der Waals surface area contributed by atoms with Gasteiger partial charge in [0.25, 0.3) is 5.91 Å². The van der Waals surface area contributed by atoms with Crippen LogP contribution in [0.5, 0.6) is 0 Å². The van der Waals surface area contributed by atoms with Gasteiger partial charge in [0, 0.05) is 17.4 Å². The third-order valence-electron chi connectivity index (χ3n) is 4.25. The lowest BCUT2D eigenvalue weighted by Crippen LogP contribution is -2.32. The highest BCUT2D eigenvalue weighted by Crippen LogP contribution is 2.32. The van der Waals surface area contributed by atoms with E-state index in [9.17, 15) is 4.79 Å². The fraction of sp³-hybridized carbons (Fsp3) is 0.562. The van der Waals surface area contributed by atoms with Crippen molar-refractivity contribution in [2.75, 3.05) is 11.9 Å². The Morgan fingerprint density at radius 3 is 2.53 bits per heavy atom. The molecule has 0 radical (unpaired) electrons. The second-order valence-electron chi connectivity index (χ2n) is 5.58. The van der Waals surface area contributed by atoms with E-state index < -0.39 is 0 Å². The van der Waals surface area contributed by atoms with Gasteiger partial charge in [0.05, 0.1) is 0 Å². The maximum atomic E-state index is 12.3. The molecule has 2 unspecified atom stereocenters. The Balaban J connectivity index is 1.98. The Kier molecular flexibility index (Phi) is 5.03. The van der Waals surface area contributed by atoms with Crippen molar-refractivity contribution < 1.29 is 4.79 Å². The molecule has 2 nitrogen and oxygen atoms in total. The minimum Gasteiger partial charge on any atom is -0.352 e. The van der Waals surface area contributed by atoms with Crippen molar-refractivity contribution in [1.82, 2.24) is 5.32 Å². The number of amides is 1. The van der Waals surface area contributed by atoms with Gasteiger partial charge in [0.1, 0.15) is 0 Å². The summed E-state index contributed by atoms with van der Waals surface area (Å²) in [6.45, 7) is 4.81. The van der Waals surface area contributed by atoms with E-state index in [2.05, 4.69) is 21.2 Å². The standard InChI is InChI=1S/C16H22BrNO/c1-11-5-3-6-12(2)15(11)16(19)18-10-14-8-4-7-13(14)9-17/h3,5-6,13-14H,4,7-10H2,1-2H3,(H,18,19). The zero-order valence-corrected chi connectivity index (χ0v) is 13.3. The Bertz CT molecular complexity index is 438. The van der Waals surface area contributed by atoms with Crippen LogP contribution in [0.1, 0.15) is 40.7 Å². The summed E-state index contributed by atoms with van der Waals surface area (Å²) in [7, 11) is 0. The molecule has 2 atom stereocenters. The fourth-order valence-corrected chi connectivity index (χ4v) is 3.92. The first-order valence-corrected chi connectivity index (χ1v) is 8.16. The molecule has 1 aliphatic rings. The lowest BCUT2D eigenvalue weighted by atomic mass is 9.97. The maximum Gasteiger partial charge on any atom is 0.251 e. The molecular weight excluding hydrogens is 302 g/mol. The van der Waals surface area contributed by atoms with Crippen molar-refractivity contribution in [2.45, 2.75) is 33.1 Å². The van der Waals surface area contributed by atoms with Gasteiger partial charge in [0.2, 0.25) is 0 Å². The molecule has 1 aromatic rings. The van der Waals surface area contributed by atoms with Crippen LogP contribution in [0.2, 0.25) is 0 Å². The highest BCUT2D eigenvalue weighted by Gasteiger charge is 2.26. The van der Waals surface area contributed by atoms with Crippen molar-refractivity contribution in [3.8, 4) is 0 Å². The van der Waals surface area contributed by atoms with E-state index in [4.69, 9.17) is 0 Å².